The highest BCUT2D eigenvalue weighted by molar-refractivity contribution is 7.20. The lowest BCUT2D eigenvalue weighted by Crippen LogP contribution is -2.21. The van der Waals surface area contributed by atoms with E-state index in [-0.39, 0.29) is 11.6 Å². The molecule has 1 aromatic carbocycles. The van der Waals surface area contributed by atoms with Gasteiger partial charge in [-0.3, -0.25) is 14.9 Å². The summed E-state index contributed by atoms with van der Waals surface area (Å²) in [5, 5.41) is 14.0. The number of nitro benzene ring substituents is 1. The maximum atomic E-state index is 11.7. The third kappa shape index (κ3) is 2.38. The van der Waals surface area contributed by atoms with E-state index in [2.05, 4.69) is 11.9 Å². The van der Waals surface area contributed by atoms with Gasteiger partial charge in [0.05, 0.1) is 9.80 Å². The first kappa shape index (κ1) is 12.3. The van der Waals surface area contributed by atoms with Gasteiger partial charge in [-0.25, -0.2) is 0 Å². The zero-order valence-electron chi connectivity index (χ0n) is 9.38. The quantitative estimate of drug-likeness (QED) is 0.523. The van der Waals surface area contributed by atoms with Crippen LogP contribution in [-0.4, -0.2) is 17.4 Å². The average Bonchev–Trinajstić information content (AvgIpc) is 2.78. The molecule has 0 aliphatic rings. The lowest BCUT2D eigenvalue weighted by Gasteiger charge is -1.96. The molecular weight excluding hydrogens is 252 g/mol. The Balaban J connectivity index is 2.35. The van der Waals surface area contributed by atoms with E-state index in [0.717, 1.165) is 4.70 Å². The molecule has 2 aromatic rings. The Hall–Kier alpha value is -2.21. The van der Waals surface area contributed by atoms with Crippen molar-refractivity contribution >= 4 is 33.0 Å². The molecule has 5 nitrogen and oxygen atoms in total. The van der Waals surface area contributed by atoms with Crippen LogP contribution in [0.25, 0.3) is 10.1 Å². The van der Waals surface area contributed by atoms with Gasteiger partial charge in [0, 0.05) is 28.8 Å². The number of nitrogens with zero attached hydrogens (tertiary/aromatic N) is 1. The molecule has 0 saturated carbocycles. The maximum absolute atomic E-state index is 11.7. The average molecular weight is 262 g/mol. The molecular formula is C12H10N2O3S. The Bertz CT molecular complexity index is 633. The minimum absolute atomic E-state index is 0.0262. The molecule has 0 aliphatic heterocycles. The summed E-state index contributed by atoms with van der Waals surface area (Å²) >= 11 is 1.31. The number of non-ortho nitro benzene ring substituents is 1. The first-order valence-corrected chi connectivity index (χ1v) is 6.00. The van der Waals surface area contributed by atoms with Gasteiger partial charge in [0.25, 0.3) is 11.6 Å². The van der Waals surface area contributed by atoms with Crippen molar-refractivity contribution in [3.63, 3.8) is 0 Å². The number of hydrogen-bond donors (Lipinski definition) is 1. The number of carbonyl (C=O) groups is 1. The van der Waals surface area contributed by atoms with E-state index in [0.29, 0.717) is 16.8 Å². The van der Waals surface area contributed by atoms with E-state index in [1.165, 1.54) is 23.5 Å². The van der Waals surface area contributed by atoms with Crippen LogP contribution in [-0.2, 0) is 0 Å². The highest BCUT2D eigenvalue weighted by atomic mass is 32.1. The summed E-state index contributed by atoms with van der Waals surface area (Å²) in [7, 11) is 0. The summed E-state index contributed by atoms with van der Waals surface area (Å²) in [6.45, 7) is 3.91. The van der Waals surface area contributed by atoms with Crippen LogP contribution < -0.4 is 5.32 Å². The lowest BCUT2D eigenvalue weighted by molar-refractivity contribution is -0.384. The molecule has 0 aliphatic carbocycles. The van der Waals surface area contributed by atoms with Gasteiger partial charge in [-0.1, -0.05) is 6.08 Å². The van der Waals surface area contributed by atoms with Crippen molar-refractivity contribution in [1.29, 1.82) is 0 Å². The second kappa shape index (κ2) is 4.97. The number of nitrogens with one attached hydrogen (secondary N) is 1. The number of amides is 1. The Labute approximate surface area is 107 Å². The van der Waals surface area contributed by atoms with Crippen molar-refractivity contribution in [2.24, 2.45) is 0 Å². The smallest absolute Gasteiger partial charge is 0.270 e. The molecule has 1 aromatic heterocycles. The minimum atomic E-state index is -0.450. The van der Waals surface area contributed by atoms with Gasteiger partial charge in [0.1, 0.15) is 0 Å². The summed E-state index contributed by atoms with van der Waals surface area (Å²) in [6, 6.07) is 6.22. The van der Waals surface area contributed by atoms with E-state index in [1.54, 1.807) is 18.2 Å². The molecule has 1 N–H and O–H groups in total. The van der Waals surface area contributed by atoms with Crippen LogP contribution in [0.2, 0.25) is 0 Å². The number of thiophene rings is 1. The van der Waals surface area contributed by atoms with Crippen LogP contribution in [0.15, 0.2) is 36.9 Å². The molecule has 92 valence electrons. The number of nitro groups is 1. The Kier molecular flexibility index (Phi) is 3.38. The van der Waals surface area contributed by atoms with Gasteiger partial charge in [-0.2, -0.15) is 0 Å². The van der Waals surface area contributed by atoms with Crippen LogP contribution in [0.1, 0.15) is 9.67 Å². The largest absolute Gasteiger partial charge is 0.348 e. The predicted octanol–water partition coefficient (Wildman–Crippen LogP) is 2.73. The van der Waals surface area contributed by atoms with Crippen molar-refractivity contribution in [3.05, 3.63) is 51.9 Å². The SMILES string of the molecule is C=CCNC(=O)c1cc2cc([N+](=O)[O-])ccc2s1. The first-order valence-electron chi connectivity index (χ1n) is 5.19. The van der Waals surface area contributed by atoms with Crippen molar-refractivity contribution < 1.29 is 9.72 Å². The van der Waals surface area contributed by atoms with Gasteiger partial charge in [-0.05, 0) is 12.1 Å². The molecule has 6 heteroatoms. The minimum Gasteiger partial charge on any atom is -0.348 e. The van der Waals surface area contributed by atoms with Crippen molar-refractivity contribution in [3.8, 4) is 0 Å². The van der Waals surface area contributed by atoms with E-state index in [1.807, 2.05) is 0 Å². The molecule has 1 amide bonds. The molecule has 1 heterocycles. The van der Waals surface area contributed by atoms with E-state index in [4.69, 9.17) is 0 Å². The summed E-state index contributed by atoms with van der Waals surface area (Å²) in [6.07, 6.45) is 1.59. The number of benzene rings is 1. The first-order chi connectivity index (χ1) is 8.61. The Morgan fingerprint density at radius 3 is 2.94 bits per heavy atom. The van der Waals surface area contributed by atoms with Crippen LogP contribution in [0.4, 0.5) is 5.69 Å². The molecule has 18 heavy (non-hydrogen) atoms. The number of hydrogen-bond acceptors (Lipinski definition) is 4. The molecule has 0 saturated heterocycles. The molecule has 0 unspecified atom stereocenters. The summed E-state index contributed by atoms with van der Waals surface area (Å²) in [4.78, 5) is 22.4. The molecule has 2 rings (SSSR count). The predicted molar refractivity (Wildman–Crippen MR) is 71.0 cm³/mol. The number of rotatable bonds is 4. The number of carbonyl (C=O) groups excluding carboxylic acids is 1. The third-order valence-corrected chi connectivity index (χ3v) is 3.46. The van der Waals surface area contributed by atoms with Gasteiger partial charge < -0.3 is 5.32 Å². The second-order valence-electron chi connectivity index (χ2n) is 3.59. The lowest BCUT2D eigenvalue weighted by atomic mass is 10.2. The third-order valence-electron chi connectivity index (χ3n) is 2.34. The van der Waals surface area contributed by atoms with Gasteiger partial charge in [-0.15, -0.1) is 17.9 Å². The Morgan fingerprint density at radius 2 is 2.28 bits per heavy atom. The fourth-order valence-corrected chi connectivity index (χ4v) is 2.47. The Morgan fingerprint density at radius 1 is 1.50 bits per heavy atom. The molecule has 0 radical (unpaired) electrons. The standard InChI is InChI=1S/C12H10N2O3S/c1-2-5-13-12(15)11-7-8-6-9(14(16)17)3-4-10(8)18-11/h2-4,6-7H,1,5H2,(H,13,15). The summed E-state index contributed by atoms with van der Waals surface area (Å²) in [5.74, 6) is -0.196. The van der Waals surface area contributed by atoms with E-state index >= 15 is 0 Å². The maximum Gasteiger partial charge on any atom is 0.270 e. The van der Waals surface area contributed by atoms with Crippen molar-refractivity contribution in [1.82, 2.24) is 5.32 Å². The number of fused-ring (bicyclic) bond motifs is 1. The fourth-order valence-electron chi connectivity index (χ4n) is 1.51. The van der Waals surface area contributed by atoms with Crippen LogP contribution >= 0.6 is 11.3 Å². The normalized spacial score (nSPS) is 10.2. The highest BCUT2D eigenvalue weighted by Crippen LogP contribution is 2.28. The van der Waals surface area contributed by atoms with Gasteiger partial charge >= 0.3 is 0 Å². The summed E-state index contributed by atoms with van der Waals surface area (Å²) < 4.78 is 0.851. The van der Waals surface area contributed by atoms with E-state index in [9.17, 15) is 14.9 Å². The topological polar surface area (TPSA) is 72.2 Å². The molecule has 0 bridgehead atoms. The van der Waals surface area contributed by atoms with Gasteiger partial charge in [0.15, 0.2) is 0 Å². The molecule has 0 fully saturated rings. The van der Waals surface area contributed by atoms with Crippen LogP contribution in [0.5, 0.6) is 0 Å². The zero-order chi connectivity index (χ0) is 13.1. The highest BCUT2D eigenvalue weighted by Gasteiger charge is 2.12. The van der Waals surface area contributed by atoms with Crippen molar-refractivity contribution in [2.45, 2.75) is 0 Å². The monoisotopic (exact) mass is 262 g/mol. The molecule has 0 spiro atoms. The van der Waals surface area contributed by atoms with Crippen molar-refractivity contribution in [2.75, 3.05) is 6.54 Å². The zero-order valence-corrected chi connectivity index (χ0v) is 10.2. The van der Waals surface area contributed by atoms with Crippen LogP contribution in [0.3, 0.4) is 0 Å². The van der Waals surface area contributed by atoms with Crippen LogP contribution in [0, 0.1) is 10.1 Å². The summed E-state index contributed by atoms with van der Waals surface area (Å²) in [5.41, 5.74) is 0.0262. The molecule has 0 atom stereocenters. The fraction of sp³-hybridized carbons (Fsp3) is 0.0833. The van der Waals surface area contributed by atoms with E-state index < -0.39 is 4.92 Å². The second-order valence-corrected chi connectivity index (χ2v) is 4.67. The van der Waals surface area contributed by atoms with Gasteiger partial charge in [0.2, 0.25) is 0 Å².